The Kier molecular flexibility index (Phi) is 4.36. The predicted octanol–water partition coefficient (Wildman–Crippen LogP) is 3.23. The summed E-state index contributed by atoms with van der Waals surface area (Å²) in [6, 6.07) is 15.8. The van der Waals surface area contributed by atoms with Gasteiger partial charge in [-0.3, -0.25) is 0 Å². The van der Waals surface area contributed by atoms with Crippen molar-refractivity contribution in [1.29, 1.82) is 0 Å². The number of aryl methyl sites for hydroxylation is 1. The maximum Gasteiger partial charge on any atom is 0.168 e. The van der Waals surface area contributed by atoms with Crippen LogP contribution in [-0.4, -0.2) is 5.11 Å². The van der Waals surface area contributed by atoms with Gasteiger partial charge in [0.15, 0.2) is 5.11 Å². The molecule has 0 aliphatic carbocycles. The second kappa shape index (κ2) is 6.20. The van der Waals surface area contributed by atoms with Crippen molar-refractivity contribution in [2.24, 2.45) is 5.73 Å². The van der Waals surface area contributed by atoms with Crippen LogP contribution in [0.1, 0.15) is 11.1 Å². The fraction of sp³-hybridized carbons (Fsp3) is 0.133. The number of nitrogens with two attached hydrogens (primary N) is 1. The van der Waals surface area contributed by atoms with Crippen LogP contribution in [0.2, 0.25) is 0 Å². The quantitative estimate of drug-likeness (QED) is 0.839. The summed E-state index contributed by atoms with van der Waals surface area (Å²) < 4.78 is 5.74. The molecular formula is C15H16N2OS. The number of ether oxygens (including phenoxy) is 1. The Labute approximate surface area is 118 Å². The molecule has 0 spiro atoms. The first-order valence-electron chi connectivity index (χ1n) is 5.99. The van der Waals surface area contributed by atoms with Gasteiger partial charge in [-0.1, -0.05) is 30.3 Å². The molecule has 0 aliphatic rings. The molecule has 2 rings (SSSR count). The van der Waals surface area contributed by atoms with Crippen LogP contribution in [0.3, 0.4) is 0 Å². The molecule has 0 atom stereocenters. The monoisotopic (exact) mass is 272 g/mol. The van der Waals surface area contributed by atoms with E-state index in [1.54, 1.807) is 0 Å². The molecule has 4 heteroatoms. The Hall–Kier alpha value is -2.07. The van der Waals surface area contributed by atoms with E-state index in [1.807, 2.05) is 55.5 Å². The summed E-state index contributed by atoms with van der Waals surface area (Å²) in [6.07, 6.45) is 0. The molecule has 0 aromatic heterocycles. The van der Waals surface area contributed by atoms with E-state index in [2.05, 4.69) is 5.32 Å². The minimum atomic E-state index is 0.265. The molecule has 0 saturated carbocycles. The van der Waals surface area contributed by atoms with Gasteiger partial charge in [-0.25, -0.2) is 0 Å². The van der Waals surface area contributed by atoms with Gasteiger partial charge in [0.25, 0.3) is 0 Å². The summed E-state index contributed by atoms with van der Waals surface area (Å²) >= 11 is 4.82. The highest BCUT2D eigenvalue weighted by Gasteiger charge is 2.02. The SMILES string of the molecule is Cc1cc(OCc2ccccc2)ccc1NC(N)=S. The Bertz CT molecular complexity index is 570. The van der Waals surface area contributed by atoms with Gasteiger partial charge < -0.3 is 15.8 Å². The van der Waals surface area contributed by atoms with Crippen molar-refractivity contribution in [3.63, 3.8) is 0 Å². The largest absolute Gasteiger partial charge is 0.489 e. The summed E-state index contributed by atoms with van der Waals surface area (Å²) in [5, 5.41) is 3.19. The van der Waals surface area contributed by atoms with Crippen LogP contribution in [0.4, 0.5) is 5.69 Å². The Morgan fingerprint density at radius 1 is 1.21 bits per heavy atom. The molecule has 0 heterocycles. The molecule has 0 saturated heterocycles. The van der Waals surface area contributed by atoms with Crippen LogP contribution in [0.5, 0.6) is 5.75 Å². The molecule has 2 aromatic rings. The zero-order valence-electron chi connectivity index (χ0n) is 10.7. The van der Waals surface area contributed by atoms with Crippen LogP contribution in [0.15, 0.2) is 48.5 Å². The van der Waals surface area contributed by atoms with Crippen LogP contribution >= 0.6 is 12.2 Å². The second-order valence-electron chi connectivity index (χ2n) is 4.24. The maximum atomic E-state index is 5.74. The summed E-state index contributed by atoms with van der Waals surface area (Å²) in [7, 11) is 0. The Morgan fingerprint density at radius 2 is 1.95 bits per heavy atom. The number of rotatable bonds is 4. The molecule has 0 amide bonds. The Morgan fingerprint density at radius 3 is 2.58 bits per heavy atom. The lowest BCUT2D eigenvalue weighted by Crippen LogP contribution is -2.19. The van der Waals surface area contributed by atoms with E-state index in [-0.39, 0.29) is 5.11 Å². The van der Waals surface area contributed by atoms with E-state index in [0.717, 1.165) is 22.6 Å². The minimum absolute atomic E-state index is 0.265. The minimum Gasteiger partial charge on any atom is -0.489 e. The van der Waals surface area contributed by atoms with Crippen LogP contribution in [-0.2, 0) is 6.61 Å². The lowest BCUT2D eigenvalue weighted by atomic mass is 10.2. The third-order valence-corrected chi connectivity index (χ3v) is 2.81. The topological polar surface area (TPSA) is 47.3 Å². The third kappa shape index (κ3) is 3.96. The van der Waals surface area contributed by atoms with Gasteiger partial charge in [0, 0.05) is 5.69 Å². The van der Waals surface area contributed by atoms with Crippen molar-refractivity contribution in [3.8, 4) is 5.75 Å². The van der Waals surface area contributed by atoms with E-state index in [0.29, 0.717) is 6.61 Å². The number of hydrogen-bond donors (Lipinski definition) is 2. The van der Waals surface area contributed by atoms with Gasteiger partial charge in [-0.15, -0.1) is 0 Å². The first-order chi connectivity index (χ1) is 9.15. The standard InChI is InChI=1S/C15H16N2OS/c1-11-9-13(7-8-14(11)17-15(16)19)18-10-12-5-3-2-4-6-12/h2-9H,10H2,1H3,(H3,16,17,19). The van der Waals surface area contributed by atoms with Crippen LogP contribution in [0.25, 0.3) is 0 Å². The van der Waals surface area contributed by atoms with Gasteiger partial charge in [-0.05, 0) is 48.5 Å². The average molecular weight is 272 g/mol. The van der Waals surface area contributed by atoms with Crippen molar-refractivity contribution < 1.29 is 4.74 Å². The molecule has 0 unspecified atom stereocenters. The molecule has 2 aromatic carbocycles. The molecule has 3 N–H and O–H groups in total. The first kappa shape index (κ1) is 13.4. The summed E-state index contributed by atoms with van der Waals surface area (Å²) in [4.78, 5) is 0. The van der Waals surface area contributed by atoms with Crippen molar-refractivity contribution in [3.05, 3.63) is 59.7 Å². The highest BCUT2D eigenvalue weighted by molar-refractivity contribution is 7.80. The third-order valence-electron chi connectivity index (χ3n) is 2.70. The molecule has 0 radical (unpaired) electrons. The maximum absolute atomic E-state index is 5.74. The number of anilines is 1. The first-order valence-corrected chi connectivity index (χ1v) is 6.40. The summed E-state index contributed by atoms with van der Waals surface area (Å²) in [5.41, 5.74) is 8.54. The van der Waals surface area contributed by atoms with Crippen molar-refractivity contribution in [1.82, 2.24) is 0 Å². The molecule has 0 bridgehead atoms. The zero-order valence-corrected chi connectivity index (χ0v) is 11.5. The smallest absolute Gasteiger partial charge is 0.168 e. The van der Waals surface area contributed by atoms with Gasteiger partial charge >= 0.3 is 0 Å². The number of hydrogen-bond acceptors (Lipinski definition) is 2. The summed E-state index contributed by atoms with van der Waals surface area (Å²) in [6.45, 7) is 2.54. The molecule has 0 aliphatic heterocycles. The van der Waals surface area contributed by atoms with Crippen molar-refractivity contribution in [2.45, 2.75) is 13.5 Å². The number of benzene rings is 2. The molecule has 0 fully saturated rings. The predicted molar refractivity (Wildman–Crippen MR) is 82.4 cm³/mol. The van der Waals surface area contributed by atoms with Gasteiger partial charge in [-0.2, -0.15) is 0 Å². The van der Waals surface area contributed by atoms with Gasteiger partial charge in [0.05, 0.1) is 0 Å². The number of nitrogens with one attached hydrogen (secondary N) is 1. The molecule has 98 valence electrons. The second-order valence-corrected chi connectivity index (χ2v) is 4.68. The van der Waals surface area contributed by atoms with Crippen LogP contribution in [0, 0.1) is 6.92 Å². The fourth-order valence-electron chi connectivity index (χ4n) is 1.74. The van der Waals surface area contributed by atoms with E-state index in [4.69, 9.17) is 22.7 Å². The van der Waals surface area contributed by atoms with Gasteiger partial charge in [0.2, 0.25) is 0 Å². The Balaban J connectivity index is 2.02. The highest BCUT2D eigenvalue weighted by atomic mass is 32.1. The van der Waals surface area contributed by atoms with E-state index in [1.165, 1.54) is 0 Å². The van der Waals surface area contributed by atoms with Gasteiger partial charge in [0.1, 0.15) is 12.4 Å². The molecule has 19 heavy (non-hydrogen) atoms. The number of thiocarbonyl (C=S) groups is 1. The summed E-state index contributed by atoms with van der Waals surface area (Å²) in [5.74, 6) is 0.829. The normalized spacial score (nSPS) is 9.95. The van der Waals surface area contributed by atoms with Crippen molar-refractivity contribution in [2.75, 3.05) is 5.32 Å². The fourth-order valence-corrected chi connectivity index (χ4v) is 1.85. The molecule has 3 nitrogen and oxygen atoms in total. The highest BCUT2D eigenvalue weighted by Crippen LogP contribution is 2.22. The van der Waals surface area contributed by atoms with E-state index < -0.39 is 0 Å². The van der Waals surface area contributed by atoms with E-state index in [9.17, 15) is 0 Å². The zero-order chi connectivity index (χ0) is 13.7. The van der Waals surface area contributed by atoms with Crippen molar-refractivity contribution >= 4 is 23.0 Å². The van der Waals surface area contributed by atoms with E-state index >= 15 is 0 Å². The lowest BCUT2D eigenvalue weighted by Gasteiger charge is -2.11. The van der Waals surface area contributed by atoms with Crippen LogP contribution < -0.4 is 15.8 Å². The lowest BCUT2D eigenvalue weighted by molar-refractivity contribution is 0.306. The average Bonchev–Trinajstić information content (AvgIpc) is 2.40. The molecular weight excluding hydrogens is 256 g/mol.